The minimum absolute atomic E-state index is 0.199. The first-order chi connectivity index (χ1) is 30.0. The van der Waals surface area contributed by atoms with Crippen LogP contribution in [0.3, 0.4) is 0 Å². The molecule has 0 spiro atoms. The largest absolute Gasteiger partial charge is 0.481 e. The van der Waals surface area contributed by atoms with E-state index in [0.29, 0.717) is 45.0 Å². The van der Waals surface area contributed by atoms with Crippen molar-refractivity contribution >= 4 is 99.8 Å². The number of nitrogens with two attached hydrogens (primary N) is 1. The van der Waals surface area contributed by atoms with E-state index in [1.807, 2.05) is 42.5 Å². The molecule has 5 heterocycles. The molecule has 4 aromatic carbocycles. The number of H-pyrrole nitrogens is 2. The summed E-state index contributed by atoms with van der Waals surface area (Å²) in [4.78, 5) is 48.2. The van der Waals surface area contributed by atoms with E-state index in [-0.39, 0.29) is 26.0 Å². The number of benzene rings is 4. The zero-order valence-corrected chi connectivity index (χ0v) is 36.9. The zero-order valence-electron chi connectivity index (χ0n) is 33.1. The van der Waals surface area contributed by atoms with Gasteiger partial charge in [-0.2, -0.15) is 0 Å². The van der Waals surface area contributed by atoms with Crippen molar-refractivity contribution < 1.29 is 62.8 Å². The third kappa shape index (κ3) is 14.0. The molecule has 3 atom stereocenters. The van der Waals surface area contributed by atoms with Crippen molar-refractivity contribution in [3.8, 4) is 23.0 Å². The predicted molar refractivity (Wildman–Crippen MR) is 238 cm³/mol. The summed E-state index contributed by atoms with van der Waals surface area (Å²) in [5.74, 6) is 0.00444. The number of fused-ring (bicyclic) bond motifs is 6. The van der Waals surface area contributed by atoms with Crippen LogP contribution in [0, 0.1) is 0 Å². The van der Waals surface area contributed by atoms with Gasteiger partial charge in [-0.1, -0.05) is 29.3 Å². The van der Waals surface area contributed by atoms with E-state index in [1.165, 1.54) is 0 Å². The normalized spacial score (nSPS) is 15.3. The van der Waals surface area contributed by atoms with Crippen LogP contribution in [0.2, 0.25) is 10.0 Å². The quantitative estimate of drug-likeness (QED) is 0.0618. The van der Waals surface area contributed by atoms with Crippen LogP contribution >= 0.6 is 44.6 Å². The zero-order chi connectivity index (χ0) is 46.4. The van der Waals surface area contributed by atoms with E-state index in [9.17, 15) is 19.5 Å². The second kappa shape index (κ2) is 23.8. The van der Waals surface area contributed by atoms with Crippen LogP contribution in [0.5, 0.6) is 23.0 Å². The number of aldehydes is 1. The lowest BCUT2D eigenvalue weighted by Crippen LogP contribution is -2.44. The highest BCUT2D eigenvalue weighted by Gasteiger charge is 2.34. The van der Waals surface area contributed by atoms with Gasteiger partial charge in [-0.25, -0.2) is 4.21 Å². The number of halogens is 4. The number of nitrogens with one attached hydrogen (secondary N) is 3. The molecule has 2 aromatic heterocycles. The lowest BCUT2D eigenvalue weighted by atomic mass is 9.90. The van der Waals surface area contributed by atoms with Crippen LogP contribution in [-0.2, 0) is 36.5 Å². The van der Waals surface area contributed by atoms with E-state index in [1.54, 1.807) is 36.5 Å². The molecule has 0 aliphatic carbocycles. The van der Waals surface area contributed by atoms with E-state index in [0.717, 1.165) is 64.5 Å². The van der Waals surface area contributed by atoms with Crippen LogP contribution in [0.1, 0.15) is 45.7 Å². The average molecular weight is 971 g/mol. The third-order valence-electron chi connectivity index (χ3n) is 9.01. The fourth-order valence-corrected chi connectivity index (χ4v) is 6.74. The van der Waals surface area contributed by atoms with Crippen molar-refractivity contribution in [2.45, 2.75) is 37.9 Å². The molecule has 0 fully saturated rings. The first-order valence-corrected chi connectivity index (χ1v) is 21.8. The van der Waals surface area contributed by atoms with Gasteiger partial charge in [0.05, 0.1) is 6.04 Å². The number of carbonyl (C=O) groups is 4. The molecule has 0 saturated carbocycles. The Hall–Kier alpha value is -5.57. The summed E-state index contributed by atoms with van der Waals surface area (Å²) < 4.78 is 30.1. The number of aromatic nitrogens is 2. The molecule has 63 heavy (non-hydrogen) atoms. The first-order valence-electron chi connectivity index (χ1n) is 18.2. The van der Waals surface area contributed by atoms with Gasteiger partial charge < -0.3 is 55.1 Å². The predicted octanol–water partition coefficient (Wildman–Crippen LogP) is 6.98. The molecule has 336 valence electrons. The van der Waals surface area contributed by atoms with Gasteiger partial charge in [0.2, 0.25) is 22.8 Å². The van der Waals surface area contributed by atoms with Crippen molar-refractivity contribution in [3.05, 3.63) is 117 Å². The smallest absolute Gasteiger partial charge is 0.321 e. The maximum Gasteiger partial charge on any atom is 0.321 e. The number of aliphatic hydroxyl groups is 1. The molecular formula is C41H40Cl4N4O13S. The molecule has 6 aromatic rings. The van der Waals surface area contributed by atoms with Gasteiger partial charge in [-0.15, -0.1) is 0 Å². The summed E-state index contributed by atoms with van der Waals surface area (Å²) in [6.45, 7) is 1.53. The average Bonchev–Trinajstić information content (AvgIpc) is 4.07. The topological polar surface area (TPSA) is 273 Å². The third-order valence-corrected chi connectivity index (χ3v) is 9.48. The maximum atomic E-state index is 11.7. The summed E-state index contributed by atoms with van der Waals surface area (Å²) in [6.07, 6.45) is 3.23. The Kier molecular flexibility index (Phi) is 18.9. The van der Waals surface area contributed by atoms with Crippen molar-refractivity contribution in [2.24, 2.45) is 5.73 Å². The highest BCUT2D eigenvalue weighted by atomic mass is 36.0. The van der Waals surface area contributed by atoms with Crippen molar-refractivity contribution in [1.29, 1.82) is 0 Å². The van der Waals surface area contributed by atoms with Crippen LogP contribution < -0.4 is 30.0 Å². The van der Waals surface area contributed by atoms with E-state index in [2.05, 4.69) is 36.6 Å². The second-order valence-corrected chi connectivity index (χ2v) is 16.5. The Bertz CT molecular complexity index is 2570. The molecule has 22 heteroatoms. The van der Waals surface area contributed by atoms with Crippen LogP contribution in [0.15, 0.2) is 79.0 Å². The lowest BCUT2D eigenvalue weighted by Gasteiger charge is -2.29. The summed E-state index contributed by atoms with van der Waals surface area (Å²) in [7, 11) is 8.36. The number of aliphatic carboxylic acids is 3. The minimum atomic E-state index is -1.67. The van der Waals surface area contributed by atoms with Gasteiger partial charge in [-0.3, -0.25) is 24.5 Å². The summed E-state index contributed by atoms with van der Waals surface area (Å²) in [5.41, 5.74) is 11.7. The highest BCUT2D eigenvalue weighted by molar-refractivity contribution is 8.26. The molecule has 0 amide bonds. The van der Waals surface area contributed by atoms with Gasteiger partial charge >= 0.3 is 11.9 Å². The fourth-order valence-electron chi connectivity index (χ4n) is 6.40. The van der Waals surface area contributed by atoms with Crippen LogP contribution in [-0.4, -0.2) is 91.6 Å². The molecule has 0 bridgehead atoms. The molecule has 3 aliphatic heterocycles. The SMILES string of the molecule is CC(=O)O.CO.NC(Cc1c[nH]c2ccc(Cl)cc12)C(=O)O.O=C(O)C1Cc2c([nH]c3ccc(Cl)cc23)C(c2ccc3c(c2)OCO3)N1.O=Cc1ccc2c(c1)OCO2.O=S(Cl)Cl. The molecule has 9 N–H and O–H groups in total. The van der Waals surface area contributed by atoms with Gasteiger partial charge in [0.1, 0.15) is 18.4 Å². The van der Waals surface area contributed by atoms with Crippen molar-refractivity contribution in [3.63, 3.8) is 0 Å². The summed E-state index contributed by atoms with van der Waals surface area (Å²) in [5, 5.41) is 39.1. The Labute approximate surface area is 380 Å². The molecule has 17 nitrogen and oxygen atoms in total. The number of rotatable bonds is 6. The Morgan fingerprint density at radius 1 is 0.825 bits per heavy atom. The number of aliphatic hydroxyl groups excluding tert-OH is 1. The Morgan fingerprint density at radius 2 is 1.37 bits per heavy atom. The maximum absolute atomic E-state index is 11.7. The molecule has 0 radical (unpaired) electrons. The number of aromatic amines is 2. The molecule has 9 rings (SSSR count). The Balaban J connectivity index is 0.000000201. The molecule has 3 unspecified atom stereocenters. The lowest BCUT2D eigenvalue weighted by molar-refractivity contribution is -0.140. The number of carbonyl (C=O) groups excluding carboxylic acids is 1. The monoisotopic (exact) mass is 968 g/mol. The minimum Gasteiger partial charge on any atom is -0.481 e. The summed E-state index contributed by atoms with van der Waals surface area (Å²) >= 11 is 12.0. The van der Waals surface area contributed by atoms with Crippen LogP contribution in [0.25, 0.3) is 21.8 Å². The second-order valence-electron chi connectivity index (χ2n) is 13.1. The van der Waals surface area contributed by atoms with Crippen molar-refractivity contribution in [1.82, 2.24) is 15.3 Å². The van der Waals surface area contributed by atoms with E-state index < -0.39 is 39.2 Å². The fraction of sp³-hybridized carbons (Fsp3) is 0.220. The van der Waals surface area contributed by atoms with Gasteiger partial charge in [0.15, 0.2) is 23.0 Å². The van der Waals surface area contributed by atoms with Crippen LogP contribution in [0.4, 0.5) is 0 Å². The highest BCUT2D eigenvalue weighted by Crippen LogP contribution is 2.40. The van der Waals surface area contributed by atoms with E-state index in [4.69, 9.17) is 72.2 Å². The molecule has 0 saturated heterocycles. The van der Waals surface area contributed by atoms with Gasteiger partial charge in [0.25, 0.3) is 5.97 Å². The molecular weight excluding hydrogens is 930 g/mol. The standard InChI is InChI=1S/C19H15ClN2O4.C11H11ClN2O2.C8H6O3.C2H4O2.CH4O.Cl2OS/c20-10-2-3-13-11(6-10)12-7-14(19(23)24)22-17(18(12)21-13)9-1-4-15-16(5-9)26-8-25-15;12-7-1-2-10-8(4-7)6(5-14-10)3-9(13)11(15)16;9-4-6-1-2-7-8(3-6)11-5-10-7;1-2(3)4;1-2;1-4(2)3/h1-6,14,17,21-22H,7-8H2,(H,23,24);1-2,4-5,9,14H,3,13H2,(H,15,16);1-4H,5H2;1H3,(H,3,4);2H,1H3;. The van der Waals surface area contributed by atoms with Gasteiger partial charge in [-0.05, 0) is 83.4 Å². The number of carboxylic acids is 3. The van der Waals surface area contributed by atoms with Gasteiger partial charge in [0, 0.05) is 97.5 Å². The van der Waals surface area contributed by atoms with Crippen molar-refractivity contribution in [2.75, 3.05) is 20.7 Å². The number of carboxylic acid groups (broad SMARTS) is 3. The Morgan fingerprint density at radius 3 is 1.94 bits per heavy atom. The number of hydrogen-bond donors (Lipinski definition) is 8. The molecule has 3 aliphatic rings. The first kappa shape index (κ1) is 50.1. The van der Waals surface area contributed by atoms with E-state index >= 15 is 0 Å². The number of ether oxygens (including phenoxy) is 4. The number of hydrogen-bond acceptors (Lipinski definition) is 12. The summed E-state index contributed by atoms with van der Waals surface area (Å²) in [6, 6.07) is 20.0.